The molecule has 9 nitrogen and oxygen atoms in total. The van der Waals surface area contributed by atoms with Crippen molar-refractivity contribution in [3.63, 3.8) is 0 Å². The monoisotopic (exact) mass is 511 g/mol. The van der Waals surface area contributed by atoms with Gasteiger partial charge in [-0.2, -0.15) is 0 Å². The van der Waals surface area contributed by atoms with Crippen LogP contribution in [0, 0.1) is 10.1 Å². The van der Waals surface area contributed by atoms with E-state index in [2.05, 4.69) is 31.4 Å². The minimum atomic E-state index is -0.557. The molecule has 3 aromatic rings. The topological polar surface area (TPSA) is 112 Å². The van der Waals surface area contributed by atoms with Crippen LogP contribution >= 0.6 is 39.3 Å². The van der Waals surface area contributed by atoms with E-state index in [0.717, 1.165) is 4.47 Å². The molecule has 1 amide bonds. The Balaban J connectivity index is 1.56. The van der Waals surface area contributed by atoms with Crippen molar-refractivity contribution in [1.82, 2.24) is 14.8 Å². The van der Waals surface area contributed by atoms with E-state index in [1.165, 1.54) is 30.0 Å². The van der Waals surface area contributed by atoms with Crippen molar-refractivity contribution >= 4 is 56.6 Å². The van der Waals surface area contributed by atoms with Gasteiger partial charge in [-0.1, -0.05) is 39.3 Å². The van der Waals surface area contributed by atoms with Crippen LogP contribution in [0.25, 0.3) is 0 Å². The quantitative estimate of drug-likeness (QED) is 0.269. The lowest BCUT2D eigenvalue weighted by Gasteiger charge is -2.08. The van der Waals surface area contributed by atoms with Gasteiger partial charge < -0.3 is 14.6 Å². The molecule has 0 aliphatic rings. The summed E-state index contributed by atoms with van der Waals surface area (Å²) in [6.07, 6.45) is 0. The Kier molecular flexibility index (Phi) is 7.29. The molecule has 0 aliphatic carbocycles. The second-order valence-electron chi connectivity index (χ2n) is 5.96. The molecule has 1 N–H and O–H groups in total. The average molecular weight is 513 g/mol. The van der Waals surface area contributed by atoms with Crippen molar-refractivity contribution in [2.75, 3.05) is 11.1 Å². The summed E-state index contributed by atoms with van der Waals surface area (Å²) in [6.45, 7) is 0.223. The fraction of sp³-hybridized carbons (Fsp3) is 0.167. The van der Waals surface area contributed by atoms with Gasteiger partial charge in [0.15, 0.2) is 11.0 Å². The molecule has 156 valence electrons. The number of amides is 1. The van der Waals surface area contributed by atoms with Crippen molar-refractivity contribution in [3.05, 3.63) is 67.9 Å². The van der Waals surface area contributed by atoms with Crippen LogP contribution in [0.5, 0.6) is 5.75 Å². The second-order valence-corrected chi connectivity index (χ2v) is 8.22. The van der Waals surface area contributed by atoms with Crippen LogP contribution in [0.2, 0.25) is 5.02 Å². The van der Waals surface area contributed by atoms with E-state index in [1.807, 2.05) is 24.3 Å². The molecule has 0 radical (unpaired) electrons. The second kappa shape index (κ2) is 9.92. The molecule has 30 heavy (non-hydrogen) atoms. The Morgan fingerprint density at radius 3 is 2.73 bits per heavy atom. The number of benzene rings is 2. The molecule has 3 rings (SSSR count). The highest BCUT2D eigenvalue weighted by Crippen LogP contribution is 2.27. The molecule has 2 aromatic carbocycles. The minimum Gasteiger partial charge on any atom is -0.486 e. The smallest absolute Gasteiger partial charge is 0.271 e. The van der Waals surface area contributed by atoms with Crippen LogP contribution in [0.3, 0.4) is 0 Å². The lowest BCUT2D eigenvalue weighted by atomic mass is 10.3. The molecule has 0 aliphatic heterocycles. The molecule has 1 aromatic heterocycles. The number of rotatable bonds is 8. The van der Waals surface area contributed by atoms with Gasteiger partial charge >= 0.3 is 0 Å². The normalized spacial score (nSPS) is 10.6. The number of carbonyl (C=O) groups is 1. The highest BCUT2D eigenvalue weighted by molar-refractivity contribution is 9.10. The van der Waals surface area contributed by atoms with Crippen LogP contribution in [-0.2, 0) is 18.4 Å². The molecule has 0 atom stereocenters. The summed E-state index contributed by atoms with van der Waals surface area (Å²) in [6, 6.07) is 11.3. The van der Waals surface area contributed by atoms with E-state index < -0.39 is 4.92 Å². The molecular formula is C18H15BrClN5O4S. The summed E-state index contributed by atoms with van der Waals surface area (Å²) < 4.78 is 8.38. The minimum absolute atomic E-state index is 0.0264. The first-order valence-electron chi connectivity index (χ1n) is 8.46. The van der Waals surface area contributed by atoms with Gasteiger partial charge in [0.2, 0.25) is 5.91 Å². The number of hydrogen-bond donors (Lipinski definition) is 1. The summed E-state index contributed by atoms with van der Waals surface area (Å²) in [5, 5.41) is 22.3. The van der Waals surface area contributed by atoms with Crippen LogP contribution in [0.1, 0.15) is 5.82 Å². The first-order valence-corrected chi connectivity index (χ1v) is 10.6. The zero-order chi connectivity index (χ0) is 21.7. The van der Waals surface area contributed by atoms with Crippen molar-refractivity contribution in [2.24, 2.45) is 7.05 Å². The molecule has 0 fully saturated rings. The first kappa shape index (κ1) is 22.1. The third-order valence-electron chi connectivity index (χ3n) is 3.87. The molecule has 0 saturated heterocycles. The zero-order valence-electron chi connectivity index (χ0n) is 15.5. The van der Waals surface area contributed by atoms with Crippen molar-refractivity contribution in [3.8, 4) is 5.75 Å². The number of thioether (sulfide) groups is 1. The Bertz CT molecular complexity index is 1080. The lowest BCUT2D eigenvalue weighted by molar-refractivity contribution is -0.384. The van der Waals surface area contributed by atoms with E-state index >= 15 is 0 Å². The summed E-state index contributed by atoms with van der Waals surface area (Å²) in [7, 11) is 1.78. The van der Waals surface area contributed by atoms with Gasteiger partial charge in [-0.25, -0.2) is 0 Å². The Hall–Kier alpha value is -2.63. The van der Waals surface area contributed by atoms with Crippen LogP contribution in [-0.4, -0.2) is 31.3 Å². The van der Waals surface area contributed by atoms with E-state index in [-0.39, 0.29) is 34.7 Å². The van der Waals surface area contributed by atoms with E-state index in [4.69, 9.17) is 16.3 Å². The largest absolute Gasteiger partial charge is 0.486 e. The molecule has 0 unspecified atom stereocenters. The number of halogens is 2. The number of ether oxygens (including phenoxy) is 1. The number of nitro benzene ring substituents is 1. The van der Waals surface area contributed by atoms with Crippen molar-refractivity contribution in [1.29, 1.82) is 0 Å². The van der Waals surface area contributed by atoms with Crippen LogP contribution in [0.15, 0.2) is 52.1 Å². The maximum Gasteiger partial charge on any atom is 0.271 e. The number of nitrogens with one attached hydrogen (secondary N) is 1. The van der Waals surface area contributed by atoms with Crippen LogP contribution < -0.4 is 10.1 Å². The van der Waals surface area contributed by atoms with Gasteiger partial charge in [-0.3, -0.25) is 14.9 Å². The molecule has 0 saturated carbocycles. The summed E-state index contributed by atoms with van der Waals surface area (Å²) >= 11 is 10.5. The highest BCUT2D eigenvalue weighted by atomic mass is 79.9. The Labute approximate surface area is 189 Å². The molecular weight excluding hydrogens is 498 g/mol. The average Bonchev–Trinajstić information content (AvgIpc) is 3.07. The third-order valence-corrected chi connectivity index (χ3v) is 5.75. The van der Waals surface area contributed by atoms with Gasteiger partial charge in [0, 0.05) is 23.7 Å². The third kappa shape index (κ3) is 5.71. The summed E-state index contributed by atoms with van der Waals surface area (Å²) in [5.74, 6) is 0.947. The first-order chi connectivity index (χ1) is 14.3. The van der Waals surface area contributed by atoms with Crippen LogP contribution in [0.4, 0.5) is 11.4 Å². The molecule has 0 spiro atoms. The van der Waals surface area contributed by atoms with Crippen molar-refractivity contribution in [2.45, 2.75) is 11.8 Å². The number of non-ortho nitro benzene ring substituents is 1. The fourth-order valence-corrected chi connectivity index (χ4v) is 3.47. The number of nitro groups is 1. The zero-order valence-corrected chi connectivity index (χ0v) is 18.7. The number of anilines is 1. The number of carbonyl (C=O) groups excluding carboxylic acids is 1. The van der Waals surface area contributed by atoms with E-state index in [0.29, 0.717) is 16.7 Å². The summed E-state index contributed by atoms with van der Waals surface area (Å²) in [4.78, 5) is 22.5. The van der Waals surface area contributed by atoms with Gasteiger partial charge in [-0.15, -0.1) is 10.2 Å². The van der Waals surface area contributed by atoms with E-state index in [1.54, 1.807) is 11.6 Å². The summed E-state index contributed by atoms with van der Waals surface area (Å²) in [5.41, 5.74) is 0.0177. The SMILES string of the molecule is Cn1c(COc2ccc(Br)cc2)nnc1SCC(=O)Nc1cc([N+](=O)[O-])ccc1Cl. The Morgan fingerprint density at radius 2 is 2.03 bits per heavy atom. The lowest BCUT2D eigenvalue weighted by Crippen LogP contribution is -2.15. The molecule has 12 heteroatoms. The van der Waals surface area contributed by atoms with Gasteiger partial charge in [0.1, 0.15) is 12.4 Å². The standard InChI is InChI=1S/C18H15BrClN5O4S/c1-24-16(9-29-13-5-2-11(19)3-6-13)22-23-18(24)30-10-17(26)21-15-8-12(25(27)28)4-7-14(15)20/h2-8H,9-10H2,1H3,(H,21,26). The molecule has 1 heterocycles. The number of hydrogen-bond acceptors (Lipinski definition) is 7. The van der Waals surface area contributed by atoms with Gasteiger partial charge in [0.05, 0.1) is 21.4 Å². The Morgan fingerprint density at radius 1 is 1.30 bits per heavy atom. The van der Waals surface area contributed by atoms with Gasteiger partial charge in [-0.05, 0) is 30.3 Å². The molecule has 0 bridgehead atoms. The van der Waals surface area contributed by atoms with E-state index in [9.17, 15) is 14.9 Å². The predicted molar refractivity (Wildman–Crippen MR) is 117 cm³/mol. The van der Waals surface area contributed by atoms with Gasteiger partial charge in [0.25, 0.3) is 5.69 Å². The van der Waals surface area contributed by atoms with Crippen molar-refractivity contribution < 1.29 is 14.5 Å². The highest BCUT2D eigenvalue weighted by Gasteiger charge is 2.15. The maximum atomic E-state index is 12.2. The predicted octanol–water partition coefficient (Wildman–Crippen LogP) is 4.45. The maximum absolute atomic E-state index is 12.2. The number of nitrogens with zero attached hydrogens (tertiary/aromatic N) is 4. The fourth-order valence-electron chi connectivity index (χ4n) is 2.31. The number of aromatic nitrogens is 3.